The van der Waals surface area contributed by atoms with Crippen LogP contribution in [0.25, 0.3) is 0 Å². The Morgan fingerprint density at radius 3 is 2.20 bits per heavy atom. The maximum Gasteiger partial charge on any atom is 0.337 e. The lowest BCUT2D eigenvalue weighted by atomic mass is 10.1. The van der Waals surface area contributed by atoms with E-state index in [4.69, 9.17) is 4.74 Å². The molecule has 0 aliphatic heterocycles. The normalized spacial score (nSPS) is 10.8. The van der Waals surface area contributed by atoms with Crippen LogP contribution in [0.5, 0.6) is 0 Å². The largest absolute Gasteiger partial charge is 0.478 e. The molecule has 0 heterocycles. The fraction of sp³-hybridized carbons (Fsp3) is 0.462. The molecule has 0 amide bonds. The number of carboxylic acids is 1. The third kappa shape index (κ3) is 4.53. The van der Waals surface area contributed by atoms with Crippen molar-refractivity contribution in [1.82, 2.24) is 0 Å². The quantitative estimate of drug-likeness (QED) is 0.272. The van der Waals surface area contributed by atoms with E-state index in [0.717, 1.165) is 27.4 Å². The molecule has 20 heavy (non-hydrogen) atoms. The highest BCUT2D eigenvalue weighted by atomic mass is 79.9. The highest BCUT2D eigenvalue weighted by Gasteiger charge is 2.23. The summed E-state index contributed by atoms with van der Waals surface area (Å²) in [6.45, 7) is 3.31. The SMILES string of the molecule is CCCCOCCc1c(Br)c(Br)c(Br)c(Br)c1C(=O)O. The van der Waals surface area contributed by atoms with E-state index >= 15 is 0 Å². The monoisotopic (exact) mass is 534 g/mol. The van der Waals surface area contributed by atoms with Gasteiger partial charge in [0.25, 0.3) is 0 Å². The summed E-state index contributed by atoms with van der Waals surface area (Å²) < 4.78 is 8.26. The first kappa shape index (κ1) is 18.6. The first-order chi connectivity index (χ1) is 9.41. The zero-order chi connectivity index (χ0) is 15.3. The lowest BCUT2D eigenvalue weighted by Crippen LogP contribution is -2.09. The molecule has 0 saturated carbocycles. The van der Waals surface area contributed by atoms with E-state index in [-0.39, 0.29) is 5.56 Å². The molecule has 1 aromatic carbocycles. The minimum Gasteiger partial charge on any atom is -0.478 e. The number of aromatic carboxylic acids is 1. The summed E-state index contributed by atoms with van der Waals surface area (Å²) in [5.74, 6) is -0.964. The predicted octanol–water partition coefficient (Wildman–Crippen LogP) is 5.79. The molecule has 112 valence electrons. The van der Waals surface area contributed by atoms with E-state index in [9.17, 15) is 9.90 Å². The van der Waals surface area contributed by atoms with Crippen molar-refractivity contribution in [2.24, 2.45) is 0 Å². The van der Waals surface area contributed by atoms with Crippen LogP contribution < -0.4 is 0 Å². The van der Waals surface area contributed by atoms with E-state index in [1.165, 1.54) is 0 Å². The van der Waals surface area contributed by atoms with Gasteiger partial charge in [0.2, 0.25) is 0 Å². The van der Waals surface area contributed by atoms with Gasteiger partial charge in [-0.3, -0.25) is 0 Å². The first-order valence-corrected chi connectivity index (χ1v) is 9.24. The van der Waals surface area contributed by atoms with Crippen LogP contribution in [0.2, 0.25) is 0 Å². The third-order valence-corrected chi connectivity index (χ3v) is 7.57. The maximum absolute atomic E-state index is 11.5. The maximum atomic E-state index is 11.5. The standard InChI is InChI=1S/C13H14Br4O3/c1-2-3-5-20-6-4-7-8(13(18)19)10(15)12(17)11(16)9(7)14/h2-6H2,1H3,(H,18,19). The molecule has 3 nitrogen and oxygen atoms in total. The zero-order valence-corrected chi connectivity index (χ0v) is 17.2. The Morgan fingerprint density at radius 1 is 1.05 bits per heavy atom. The Hall–Kier alpha value is 0.570. The van der Waals surface area contributed by atoms with E-state index in [2.05, 4.69) is 70.6 Å². The molecule has 0 atom stereocenters. The van der Waals surface area contributed by atoms with Crippen molar-refractivity contribution in [2.45, 2.75) is 26.2 Å². The summed E-state index contributed by atoms with van der Waals surface area (Å²) in [5, 5.41) is 9.40. The summed E-state index contributed by atoms with van der Waals surface area (Å²) in [6.07, 6.45) is 2.64. The molecule has 0 aromatic heterocycles. The van der Waals surface area contributed by atoms with Crippen LogP contribution in [0.3, 0.4) is 0 Å². The van der Waals surface area contributed by atoms with Gasteiger partial charge in [-0.25, -0.2) is 4.79 Å². The number of carboxylic acid groups (broad SMARTS) is 1. The molecule has 0 unspecified atom stereocenters. The number of hydrogen-bond acceptors (Lipinski definition) is 2. The molecule has 1 rings (SSSR count). The Labute approximate surface area is 152 Å². The van der Waals surface area contributed by atoms with Crippen LogP contribution >= 0.6 is 63.7 Å². The molecule has 0 saturated heterocycles. The van der Waals surface area contributed by atoms with Crippen LogP contribution in [0, 0.1) is 0 Å². The lowest BCUT2D eigenvalue weighted by Gasteiger charge is -2.15. The smallest absolute Gasteiger partial charge is 0.337 e. The Bertz CT molecular complexity index is 503. The van der Waals surface area contributed by atoms with Gasteiger partial charge in [0.05, 0.1) is 12.2 Å². The molecule has 0 spiro atoms. The Morgan fingerprint density at radius 2 is 1.65 bits per heavy atom. The second kappa shape index (κ2) is 8.88. The topological polar surface area (TPSA) is 46.5 Å². The highest BCUT2D eigenvalue weighted by molar-refractivity contribution is 9.15. The van der Waals surface area contributed by atoms with Crippen LogP contribution in [-0.2, 0) is 11.2 Å². The van der Waals surface area contributed by atoms with E-state index in [1.807, 2.05) is 0 Å². The van der Waals surface area contributed by atoms with Gasteiger partial charge in [-0.05, 0) is 82.1 Å². The van der Waals surface area contributed by atoms with Gasteiger partial charge in [-0.15, -0.1) is 0 Å². The summed E-state index contributed by atoms with van der Waals surface area (Å²) in [4.78, 5) is 11.5. The minimum absolute atomic E-state index is 0.256. The summed E-state index contributed by atoms with van der Waals surface area (Å²) >= 11 is 13.6. The van der Waals surface area contributed by atoms with Gasteiger partial charge in [-0.1, -0.05) is 13.3 Å². The number of rotatable bonds is 7. The molecule has 0 radical (unpaired) electrons. The minimum atomic E-state index is -0.964. The second-order valence-corrected chi connectivity index (χ2v) is 7.30. The first-order valence-electron chi connectivity index (χ1n) is 6.07. The molecular formula is C13H14Br4O3. The molecule has 1 aromatic rings. The average molecular weight is 538 g/mol. The molecular weight excluding hydrogens is 524 g/mol. The van der Waals surface area contributed by atoms with Gasteiger partial charge < -0.3 is 9.84 Å². The van der Waals surface area contributed by atoms with Gasteiger partial charge in [0.1, 0.15) is 0 Å². The van der Waals surface area contributed by atoms with Crippen molar-refractivity contribution >= 4 is 69.7 Å². The van der Waals surface area contributed by atoms with Crippen LogP contribution in [0.1, 0.15) is 35.7 Å². The fourth-order valence-corrected chi connectivity index (χ4v) is 4.23. The second-order valence-electron chi connectivity index (χ2n) is 4.13. The number of carbonyl (C=O) groups is 1. The number of ether oxygens (including phenoxy) is 1. The van der Waals surface area contributed by atoms with Crippen molar-refractivity contribution in [3.8, 4) is 0 Å². The number of halogens is 4. The molecule has 0 aliphatic carbocycles. The van der Waals surface area contributed by atoms with Gasteiger partial charge in [0, 0.05) is 24.5 Å². The van der Waals surface area contributed by atoms with Gasteiger partial charge in [0.15, 0.2) is 0 Å². The van der Waals surface area contributed by atoms with Crippen molar-refractivity contribution in [1.29, 1.82) is 0 Å². The molecule has 0 fully saturated rings. The van der Waals surface area contributed by atoms with E-state index in [1.54, 1.807) is 0 Å². The Balaban J connectivity index is 3.01. The van der Waals surface area contributed by atoms with Crippen LogP contribution in [0.15, 0.2) is 17.9 Å². The summed E-state index contributed by atoms with van der Waals surface area (Å²) in [5.41, 5.74) is 0.974. The van der Waals surface area contributed by atoms with Crippen molar-refractivity contribution < 1.29 is 14.6 Å². The summed E-state index contributed by atoms with van der Waals surface area (Å²) in [7, 11) is 0. The summed E-state index contributed by atoms with van der Waals surface area (Å²) in [6, 6.07) is 0. The van der Waals surface area contributed by atoms with E-state index < -0.39 is 5.97 Å². The number of hydrogen-bond donors (Lipinski definition) is 1. The van der Waals surface area contributed by atoms with Crippen molar-refractivity contribution in [2.75, 3.05) is 13.2 Å². The van der Waals surface area contributed by atoms with E-state index in [0.29, 0.717) is 28.6 Å². The van der Waals surface area contributed by atoms with Crippen LogP contribution in [0.4, 0.5) is 0 Å². The third-order valence-electron chi connectivity index (χ3n) is 2.72. The molecule has 1 N–H and O–H groups in total. The lowest BCUT2D eigenvalue weighted by molar-refractivity contribution is 0.0693. The molecule has 0 bridgehead atoms. The van der Waals surface area contributed by atoms with Crippen molar-refractivity contribution in [3.05, 3.63) is 29.0 Å². The van der Waals surface area contributed by atoms with Crippen LogP contribution in [-0.4, -0.2) is 24.3 Å². The highest BCUT2D eigenvalue weighted by Crippen LogP contribution is 2.42. The zero-order valence-electron chi connectivity index (χ0n) is 10.8. The van der Waals surface area contributed by atoms with Crippen molar-refractivity contribution in [3.63, 3.8) is 0 Å². The fourth-order valence-electron chi connectivity index (χ4n) is 1.66. The average Bonchev–Trinajstić information content (AvgIpc) is 2.41. The molecule has 0 aliphatic rings. The number of benzene rings is 1. The van der Waals surface area contributed by atoms with Gasteiger partial charge in [-0.2, -0.15) is 0 Å². The Kier molecular flexibility index (Phi) is 8.27. The van der Waals surface area contributed by atoms with Gasteiger partial charge >= 0.3 is 5.97 Å². The molecule has 7 heteroatoms. The number of unbranched alkanes of at least 4 members (excludes halogenated alkanes) is 1. The predicted molar refractivity (Wildman–Crippen MR) is 93.6 cm³/mol.